The average molecular weight is 207 g/mol. The maximum absolute atomic E-state index is 11.2. The van der Waals surface area contributed by atoms with Crippen LogP contribution in [0.5, 0.6) is 0 Å². The molecule has 0 atom stereocenters. The molecule has 0 radical (unpaired) electrons. The molecule has 0 saturated heterocycles. The van der Waals surface area contributed by atoms with Gasteiger partial charge in [0.05, 0.1) is 7.11 Å². The van der Waals surface area contributed by atoms with Crippen molar-refractivity contribution in [2.75, 3.05) is 7.11 Å². The molecule has 1 aliphatic carbocycles. The summed E-state index contributed by atoms with van der Waals surface area (Å²) in [5.41, 5.74) is 9.36. The predicted molar refractivity (Wildman–Crippen MR) is 55.8 cm³/mol. The third-order valence-corrected chi connectivity index (χ3v) is 2.20. The number of rotatable bonds is 3. The molecule has 0 spiro atoms. The zero-order valence-corrected chi connectivity index (χ0v) is 8.64. The number of carbonyl (C=O) groups is 1. The molecule has 5 heteroatoms. The van der Waals surface area contributed by atoms with Crippen molar-refractivity contribution in [2.45, 2.75) is 25.7 Å². The second-order valence-electron chi connectivity index (χ2n) is 3.24. The molecule has 1 rings (SSSR count). The van der Waals surface area contributed by atoms with Crippen LogP contribution in [0.25, 0.3) is 10.4 Å². The van der Waals surface area contributed by atoms with E-state index in [-0.39, 0.29) is 5.70 Å². The maximum Gasteiger partial charge on any atom is 0.340 e. The van der Waals surface area contributed by atoms with E-state index in [0.717, 1.165) is 24.8 Å². The second kappa shape index (κ2) is 5.88. The smallest absolute Gasteiger partial charge is 0.340 e. The first-order valence-electron chi connectivity index (χ1n) is 4.82. The minimum Gasteiger partial charge on any atom is -0.466 e. The standard InChI is InChI=1S/C10H13N3O2/c1-15-10(14)9(12-13-11)7-8-5-3-2-4-6-8/h5,7H,2-4,6H2,1H3/b9-7-. The molecular weight excluding hydrogens is 194 g/mol. The first-order chi connectivity index (χ1) is 7.27. The van der Waals surface area contributed by atoms with Crippen molar-refractivity contribution in [3.8, 4) is 0 Å². The van der Waals surface area contributed by atoms with Gasteiger partial charge in [-0.2, -0.15) is 0 Å². The Morgan fingerprint density at radius 3 is 3.00 bits per heavy atom. The predicted octanol–water partition coefficient (Wildman–Crippen LogP) is 2.85. The van der Waals surface area contributed by atoms with Crippen LogP contribution in [0.3, 0.4) is 0 Å². The van der Waals surface area contributed by atoms with Gasteiger partial charge < -0.3 is 4.74 Å². The molecule has 5 nitrogen and oxygen atoms in total. The highest BCUT2D eigenvalue weighted by molar-refractivity contribution is 5.88. The third kappa shape index (κ3) is 3.48. The van der Waals surface area contributed by atoms with Crippen molar-refractivity contribution in [1.29, 1.82) is 0 Å². The number of ether oxygens (including phenoxy) is 1. The van der Waals surface area contributed by atoms with Crippen molar-refractivity contribution in [2.24, 2.45) is 5.11 Å². The number of allylic oxidation sites excluding steroid dienone is 3. The van der Waals surface area contributed by atoms with Gasteiger partial charge in [0.2, 0.25) is 0 Å². The Morgan fingerprint density at radius 2 is 2.47 bits per heavy atom. The molecule has 80 valence electrons. The van der Waals surface area contributed by atoms with Crippen molar-refractivity contribution in [3.05, 3.63) is 33.9 Å². The lowest BCUT2D eigenvalue weighted by molar-refractivity contribution is -0.136. The van der Waals surface area contributed by atoms with E-state index < -0.39 is 5.97 Å². The Bertz CT molecular complexity index is 352. The highest BCUT2D eigenvalue weighted by Gasteiger charge is 2.09. The molecule has 0 fully saturated rings. The van der Waals surface area contributed by atoms with Crippen LogP contribution in [0.15, 0.2) is 28.5 Å². The molecule has 0 saturated carbocycles. The molecule has 15 heavy (non-hydrogen) atoms. The van der Waals surface area contributed by atoms with E-state index in [0.29, 0.717) is 0 Å². The van der Waals surface area contributed by atoms with Gasteiger partial charge in [-0.1, -0.05) is 16.8 Å². The minimum absolute atomic E-state index is 0.0214. The van der Waals surface area contributed by atoms with Crippen LogP contribution < -0.4 is 0 Å². The summed E-state index contributed by atoms with van der Waals surface area (Å²) in [6.07, 6.45) is 7.86. The first kappa shape index (κ1) is 11.3. The zero-order chi connectivity index (χ0) is 11.1. The van der Waals surface area contributed by atoms with Crippen LogP contribution in [-0.2, 0) is 9.53 Å². The molecule has 0 bridgehead atoms. The van der Waals surface area contributed by atoms with Crippen molar-refractivity contribution in [1.82, 2.24) is 0 Å². The summed E-state index contributed by atoms with van der Waals surface area (Å²) in [4.78, 5) is 13.8. The van der Waals surface area contributed by atoms with Gasteiger partial charge in [0, 0.05) is 4.91 Å². The number of hydrogen-bond acceptors (Lipinski definition) is 3. The maximum atomic E-state index is 11.2. The van der Waals surface area contributed by atoms with Gasteiger partial charge in [0.1, 0.15) is 5.70 Å². The minimum atomic E-state index is -0.598. The molecule has 0 aliphatic heterocycles. The summed E-state index contributed by atoms with van der Waals surface area (Å²) in [5.74, 6) is -0.598. The van der Waals surface area contributed by atoms with Gasteiger partial charge in [-0.15, -0.1) is 0 Å². The Morgan fingerprint density at radius 1 is 1.67 bits per heavy atom. The molecule has 0 N–H and O–H groups in total. The lowest BCUT2D eigenvalue weighted by atomic mass is 9.99. The van der Waals surface area contributed by atoms with Crippen molar-refractivity contribution in [3.63, 3.8) is 0 Å². The lowest BCUT2D eigenvalue weighted by Crippen LogP contribution is -2.03. The van der Waals surface area contributed by atoms with E-state index in [2.05, 4.69) is 20.8 Å². The van der Waals surface area contributed by atoms with E-state index >= 15 is 0 Å². The monoisotopic (exact) mass is 207 g/mol. The van der Waals surface area contributed by atoms with E-state index in [1.807, 2.05) is 0 Å². The number of esters is 1. The number of carbonyl (C=O) groups excluding carboxylic acids is 1. The molecule has 0 unspecified atom stereocenters. The summed E-state index contributed by atoms with van der Waals surface area (Å²) >= 11 is 0. The van der Waals surface area contributed by atoms with Crippen LogP contribution in [0.4, 0.5) is 0 Å². The van der Waals surface area contributed by atoms with E-state index in [9.17, 15) is 4.79 Å². The molecule has 1 aliphatic rings. The average Bonchev–Trinajstić information content (AvgIpc) is 2.29. The zero-order valence-electron chi connectivity index (χ0n) is 8.64. The molecule has 0 amide bonds. The number of methoxy groups -OCH3 is 1. The van der Waals surface area contributed by atoms with Crippen molar-refractivity contribution >= 4 is 5.97 Å². The second-order valence-corrected chi connectivity index (χ2v) is 3.24. The van der Waals surface area contributed by atoms with Gasteiger partial charge in [0.15, 0.2) is 0 Å². The van der Waals surface area contributed by atoms with Crippen LogP contribution >= 0.6 is 0 Å². The fourth-order valence-electron chi connectivity index (χ4n) is 1.45. The SMILES string of the molecule is COC(=O)/C(=C/C1=CCCCC1)N=[N+]=[N-]. The largest absolute Gasteiger partial charge is 0.466 e. The summed E-state index contributed by atoms with van der Waals surface area (Å²) < 4.78 is 4.51. The van der Waals surface area contributed by atoms with Gasteiger partial charge in [-0.05, 0) is 37.3 Å². The van der Waals surface area contributed by atoms with Gasteiger partial charge in [-0.3, -0.25) is 0 Å². The summed E-state index contributed by atoms with van der Waals surface area (Å²) in [7, 11) is 1.26. The van der Waals surface area contributed by atoms with Crippen LogP contribution in [0.1, 0.15) is 25.7 Å². The van der Waals surface area contributed by atoms with E-state index in [1.165, 1.54) is 13.5 Å². The molecule has 0 aromatic rings. The van der Waals surface area contributed by atoms with Gasteiger partial charge in [0.25, 0.3) is 0 Å². The Hall–Kier alpha value is -1.74. The van der Waals surface area contributed by atoms with Crippen LogP contribution in [0, 0.1) is 0 Å². The summed E-state index contributed by atoms with van der Waals surface area (Å²) in [6, 6.07) is 0. The summed E-state index contributed by atoms with van der Waals surface area (Å²) in [5, 5.41) is 3.32. The molecular formula is C10H13N3O2. The Balaban J connectivity index is 2.87. The molecule has 0 aromatic carbocycles. The van der Waals surface area contributed by atoms with Crippen LogP contribution in [-0.4, -0.2) is 13.1 Å². The van der Waals surface area contributed by atoms with Gasteiger partial charge in [-0.25, -0.2) is 4.79 Å². The molecule has 0 aromatic heterocycles. The fraction of sp³-hybridized carbons (Fsp3) is 0.500. The fourth-order valence-corrected chi connectivity index (χ4v) is 1.45. The highest BCUT2D eigenvalue weighted by atomic mass is 16.5. The Labute approximate surface area is 88.0 Å². The lowest BCUT2D eigenvalue weighted by Gasteiger charge is -2.09. The Kier molecular flexibility index (Phi) is 4.44. The number of azide groups is 1. The number of nitrogens with zero attached hydrogens (tertiary/aromatic N) is 3. The van der Waals surface area contributed by atoms with E-state index in [4.69, 9.17) is 5.53 Å². The quantitative estimate of drug-likeness (QED) is 0.234. The van der Waals surface area contributed by atoms with E-state index in [1.54, 1.807) is 6.08 Å². The highest BCUT2D eigenvalue weighted by Crippen LogP contribution is 2.20. The van der Waals surface area contributed by atoms with Crippen LogP contribution in [0.2, 0.25) is 0 Å². The normalized spacial score (nSPS) is 16.3. The first-order valence-corrected chi connectivity index (χ1v) is 4.82. The number of hydrogen-bond donors (Lipinski definition) is 0. The topological polar surface area (TPSA) is 75.1 Å². The third-order valence-electron chi connectivity index (χ3n) is 2.20. The summed E-state index contributed by atoms with van der Waals surface area (Å²) in [6.45, 7) is 0. The van der Waals surface area contributed by atoms with Gasteiger partial charge >= 0.3 is 5.97 Å². The van der Waals surface area contributed by atoms with Crippen molar-refractivity contribution < 1.29 is 9.53 Å². The molecule has 0 heterocycles.